The highest BCUT2D eigenvalue weighted by atomic mass is 35.5. The molecule has 0 fully saturated rings. The van der Waals surface area contributed by atoms with Crippen molar-refractivity contribution < 1.29 is 12.8 Å². The number of allylic oxidation sites excluding steroid dienone is 1. The molecule has 0 radical (unpaired) electrons. The molecule has 0 spiro atoms. The van der Waals surface area contributed by atoms with Crippen LogP contribution in [0.3, 0.4) is 0 Å². The summed E-state index contributed by atoms with van der Waals surface area (Å²) in [6, 6.07) is 3.52. The van der Waals surface area contributed by atoms with Crippen molar-refractivity contribution in [2.45, 2.75) is 11.3 Å². The standard InChI is InChI=1S/C10H11ClFNO2S/c11-6-2-1-3-8-4-5-9(7-10(8)12)16(13,14)15/h1,3-5,7H,2,6H2,(H2,13,14,15). The fourth-order valence-electron chi connectivity index (χ4n) is 1.09. The molecule has 1 aromatic carbocycles. The Morgan fingerprint density at radius 3 is 2.62 bits per heavy atom. The fraction of sp³-hybridized carbons (Fsp3) is 0.200. The number of hydrogen-bond donors (Lipinski definition) is 1. The highest BCUT2D eigenvalue weighted by Gasteiger charge is 2.09. The Hall–Kier alpha value is -0.910. The molecule has 3 nitrogen and oxygen atoms in total. The second-order valence-electron chi connectivity index (χ2n) is 3.11. The maximum Gasteiger partial charge on any atom is 0.238 e. The van der Waals surface area contributed by atoms with Gasteiger partial charge in [0.1, 0.15) is 5.82 Å². The molecule has 0 aliphatic carbocycles. The smallest absolute Gasteiger partial charge is 0.225 e. The number of sulfonamides is 1. The van der Waals surface area contributed by atoms with E-state index in [2.05, 4.69) is 0 Å². The first-order valence-electron chi connectivity index (χ1n) is 4.50. The maximum absolute atomic E-state index is 13.4. The molecule has 2 N–H and O–H groups in total. The Morgan fingerprint density at radius 2 is 2.12 bits per heavy atom. The normalized spacial score (nSPS) is 12.2. The van der Waals surface area contributed by atoms with E-state index in [1.807, 2.05) is 0 Å². The Balaban J connectivity index is 3.01. The summed E-state index contributed by atoms with van der Waals surface area (Å²) in [6.07, 6.45) is 3.88. The summed E-state index contributed by atoms with van der Waals surface area (Å²) in [7, 11) is -3.85. The molecule has 0 aliphatic heterocycles. The van der Waals surface area contributed by atoms with Gasteiger partial charge in [-0.3, -0.25) is 0 Å². The Bertz CT molecular complexity index is 500. The van der Waals surface area contributed by atoms with Gasteiger partial charge < -0.3 is 0 Å². The third-order valence-corrected chi connectivity index (χ3v) is 3.00. The average Bonchev–Trinajstić information content (AvgIpc) is 2.19. The minimum Gasteiger partial charge on any atom is -0.225 e. The molecule has 0 amide bonds. The van der Waals surface area contributed by atoms with Crippen LogP contribution in [0.4, 0.5) is 4.39 Å². The van der Waals surface area contributed by atoms with Crippen molar-refractivity contribution in [2.24, 2.45) is 5.14 Å². The van der Waals surface area contributed by atoms with Gasteiger partial charge in [-0.2, -0.15) is 0 Å². The van der Waals surface area contributed by atoms with Gasteiger partial charge in [-0.05, 0) is 18.6 Å². The predicted octanol–water partition coefficient (Wildman–Crippen LogP) is 2.12. The summed E-state index contributed by atoms with van der Waals surface area (Å²) in [4.78, 5) is -0.237. The first-order chi connectivity index (χ1) is 7.45. The lowest BCUT2D eigenvalue weighted by Crippen LogP contribution is -2.12. The molecule has 0 saturated carbocycles. The van der Waals surface area contributed by atoms with E-state index in [0.29, 0.717) is 17.9 Å². The lowest BCUT2D eigenvalue weighted by atomic mass is 10.2. The largest absolute Gasteiger partial charge is 0.238 e. The number of nitrogens with two attached hydrogens (primary N) is 1. The zero-order chi connectivity index (χ0) is 12.2. The molecule has 6 heteroatoms. The van der Waals surface area contributed by atoms with E-state index in [0.717, 1.165) is 6.07 Å². The van der Waals surface area contributed by atoms with Crippen molar-refractivity contribution in [3.8, 4) is 0 Å². The summed E-state index contributed by atoms with van der Waals surface area (Å²) in [6.45, 7) is 0. The molecule has 0 atom stereocenters. The van der Waals surface area contributed by atoms with E-state index in [9.17, 15) is 12.8 Å². The molecule has 0 bridgehead atoms. The topological polar surface area (TPSA) is 60.2 Å². The summed E-state index contributed by atoms with van der Waals surface area (Å²) >= 11 is 5.45. The maximum atomic E-state index is 13.4. The SMILES string of the molecule is NS(=O)(=O)c1ccc(C=CCCCl)c(F)c1. The second kappa shape index (κ2) is 5.43. The van der Waals surface area contributed by atoms with Crippen molar-refractivity contribution in [3.63, 3.8) is 0 Å². The molecular formula is C10H11ClFNO2S. The zero-order valence-electron chi connectivity index (χ0n) is 8.36. The van der Waals surface area contributed by atoms with Crippen LogP contribution in [0.5, 0.6) is 0 Å². The van der Waals surface area contributed by atoms with E-state index in [1.165, 1.54) is 12.1 Å². The van der Waals surface area contributed by atoms with E-state index >= 15 is 0 Å². The highest BCUT2D eigenvalue weighted by Crippen LogP contribution is 2.15. The average molecular weight is 264 g/mol. The highest BCUT2D eigenvalue weighted by molar-refractivity contribution is 7.89. The monoisotopic (exact) mass is 263 g/mol. The summed E-state index contributed by atoms with van der Waals surface area (Å²) in [5.41, 5.74) is 0.303. The van der Waals surface area contributed by atoms with Gasteiger partial charge in [-0.25, -0.2) is 17.9 Å². The van der Waals surface area contributed by atoms with Crippen LogP contribution in [0.1, 0.15) is 12.0 Å². The van der Waals surface area contributed by atoms with Crippen LogP contribution in [-0.2, 0) is 10.0 Å². The van der Waals surface area contributed by atoms with Crippen molar-refractivity contribution in [2.75, 3.05) is 5.88 Å². The molecule has 1 aromatic rings. The number of rotatable bonds is 4. The van der Waals surface area contributed by atoms with Crippen LogP contribution >= 0.6 is 11.6 Å². The van der Waals surface area contributed by atoms with Gasteiger partial charge in [0.15, 0.2) is 0 Å². The number of halogens is 2. The summed E-state index contributed by atoms with van der Waals surface area (Å²) in [5.74, 6) is -0.176. The van der Waals surface area contributed by atoms with Gasteiger partial charge in [0, 0.05) is 11.4 Å². The van der Waals surface area contributed by atoms with Crippen LogP contribution in [0.25, 0.3) is 6.08 Å². The fourth-order valence-corrected chi connectivity index (χ4v) is 1.74. The van der Waals surface area contributed by atoms with E-state index in [1.54, 1.807) is 12.2 Å². The van der Waals surface area contributed by atoms with Crippen molar-refractivity contribution in [1.29, 1.82) is 0 Å². The third kappa shape index (κ3) is 3.59. The third-order valence-electron chi connectivity index (χ3n) is 1.87. The minimum absolute atomic E-state index is 0.237. The van der Waals surface area contributed by atoms with Gasteiger partial charge in [-0.1, -0.05) is 18.2 Å². The zero-order valence-corrected chi connectivity index (χ0v) is 9.93. The number of alkyl halides is 1. The van der Waals surface area contributed by atoms with Gasteiger partial charge >= 0.3 is 0 Å². The summed E-state index contributed by atoms with van der Waals surface area (Å²) < 4.78 is 35.3. The van der Waals surface area contributed by atoms with Crippen LogP contribution in [-0.4, -0.2) is 14.3 Å². The number of benzene rings is 1. The summed E-state index contributed by atoms with van der Waals surface area (Å²) in [5, 5.41) is 4.87. The van der Waals surface area contributed by atoms with Gasteiger partial charge in [-0.15, -0.1) is 11.6 Å². The quantitative estimate of drug-likeness (QED) is 0.846. The molecule has 0 heterocycles. The Morgan fingerprint density at radius 1 is 1.44 bits per heavy atom. The first-order valence-corrected chi connectivity index (χ1v) is 6.58. The Kier molecular flexibility index (Phi) is 4.46. The molecule has 0 aliphatic rings. The minimum atomic E-state index is -3.85. The molecule has 0 saturated heterocycles. The second-order valence-corrected chi connectivity index (χ2v) is 5.05. The van der Waals surface area contributed by atoms with Crippen molar-refractivity contribution in [3.05, 3.63) is 35.7 Å². The van der Waals surface area contributed by atoms with Crippen molar-refractivity contribution in [1.82, 2.24) is 0 Å². The molecule has 88 valence electrons. The number of primary sulfonamides is 1. The van der Waals surface area contributed by atoms with Crippen LogP contribution < -0.4 is 5.14 Å². The lowest BCUT2D eigenvalue weighted by Gasteiger charge is -2.00. The predicted molar refractivity (Wildman–Crippen MR) is 62.1 cm³/mol. The van der Waals surface area contributed by atoms with Gasteiger partial charge in [0.2, 0.25) is 10.0 Å². The van der Waals surface area contributed by atoms with Crippen LogP contribution in [0, 0.1) is 5.82 Å². The number of hydrogen-bond acceptors (Lipinski definition) is 2. The lowest BCUT2D eigenvalue weighted by molar-refractivity contribution is 0.592. The molecule has 1 rings (SSSR count). The van der Waals surface area contributed by atoms with Gasteiger partial charge in [0.25, 0.3) is 0 Å². The Labute approximate surface area is 98.8 Å². The molecule has 0 aromatic heterocycles. The van der Waals surface area contributed by atoms with E-state index in [-0.39, 0.29) is 4.90 Å². The van der Waals surface area contributed by atoms with Gasteiger partial charge in [0.05, 0.1) is 4.90 Å². The molecular weight excluding hydrogens is 253 g/mol. The molecule has 0 unspecified atom stereocenters. The van der Waals surface area contributed by atoms with E-state index in [4.69, 9.17) is 16.7 Å². The molecule has 16 heavy (non-hydrogen) atoms. The van der Waals surface area contributed by atoms with Crippen LogP contribution in [0.15, 0.2) is 29.2 Å². The first kappa shape index (κ1) is 13.2. The van der Waals surface area contributed by atoms with Crippen molar-refractivity contribution >= 4 is 27.7 Å². The van der Waals surface area contributed by atoms with E-state index < -0.39 is 15.8 Å². The van der Waals surface area contributed by atoms with Crippen LogP contribution in [0.2, 0.25) is 0 Å².